The summed E-state index contributed by atoms with van der Waals surface area (Å²) in [6, 6.07) is 0. The van der Waals surface area contributed by atoms with E-state index in [9.17, 15) is 0 Å². The van der Waals surface area contributed by atoms with Crippen LogP contribution in [-0.4, -0.2) is 22.5 Å². The zero-order valence-electron chi connectivity index (χ0n) is 24.7. The lowest BCUT2D eigenvalue weighted by Crippen LogP contribution is -2.55. The Bertz CT molecular complexity index is 365. The van der Waals surface area contributed by atoms with E-state index in [1.54, 1.807) is 0 Å². The third-order valence-electron chi connectivity index (χ3n) is 7.98. The lowest BCUT2D eigenvalue weighted by atomic mass is 9.85. The molecule has 0 fully saturated rings. The van der Waals surface area contributed by atoms with E-state index in [1.807, 2.05) is 0 Å². The molecule has 0 spiro atoms. The number of rotatable bonds is 25. The SMILES string of the molecule is CCCCCCCCCCC(C)(C)N(CCCCCC)C(C)(C)CCCCCCCCCC. The van der Waals surface area contributed by atoms with Gasteiger partial charge < -0.3 is 0 Å². The van der Waals surface area contributed by atoms with Crippen LogP contribution in [0.5, 0.6) is 0 Å². The fourth-order valence-corrected chi connectivity index (χ4v) is 5.77. The third-order valence-corrected chi connectivity index (χ3v) is 7.98. The van der Waals surface area contributed by atoms with Crippen LogP contribution in [0.25, 0.3) is 0 Å². The molecule has 0 N–H and O–H groups in total. The summed E-state index contributed by atoms with van der Waals surface area (Å²) in [7, 11) is 0. The molecule has 0 radical (unpaired) electrons. The van der Waals surface area contributed by atoms with Crippen LogP contribution in [0.15, 0.2) is 0 Å². The first-order valence-corrected chi connectivity index (χ1v) is 15.6. The van der Waals surface area contributed by atoms with Crippen LogP contribution in [0, 0.1) is 0 Å². The van der Waals surface area contributed by atoms with Gasteiger partial charge in [-0.1, -0.05) is 143 Å². The summed E-state index contributed by atoms with van der Waals surface area (Å²) in [6.45, 7) is 18.4. The standard InChI is InChI=1S/C32H67N/c1-8-11-14-17-19-21-23-25-28-31(4,5)33(30-27-16-13-10-3)32(6,7)29-26-24-22-20-18-15-12-9-2/h8-30H2,1-7H3. The van der Waals surface area contributed by atoms with Gasteiger partial charge in [-0.05, 0) is 53.5 Å². The fraction of sp³-hybridized carbons (Fsp3) is 1.00. The van der Waals surface area contributed by atoms with E-state index < -0.39 is 0 Å². The maximum atomic E-state index is 2.93. The normalized spacial score (nSPS) is 12.7. The van der Waals surface area contributed by atoms with Gasteiger partial charge in [0.15, 0.2) is 0 Å². The van der Waals surface area contributed by atoms with Gasteiger partial charge in [-0.25, -0.2) is 0 Å². The van der Waals surface area contributed by atoms with Crippen molar-refractivity contribution in [3.05, 3.63) is 0 Å². The number of nitrogens with zero attached hydrogens (tertiary/aromatic N) is 1. The Morgan fingerprint density at radius 1 is 0.364 bits per heavy atom. The zero-order chi connectivity index (χ0) is 24.8. The Kier molecular flexibility index (Phi) is 21.2. The van der Waals surface area contributed by atoms with Crippen molar-refractivity contribution in [1.29, 1.82) is 0 Å². The summed E-state index contributed by atoms with van der Waals surface area (Å²) in [5.41, 5.74) is 0.635. The average Bonchev–Trinajstić information content (AvgIpc) is 2.77. The van der Waals surface area contributed by atoms with Crippen molar-refractivity contribution in [3.63, 3.8) is 0 Å². The molecule has 0 aromatic carbocycles. The van der Waals surface area contributed by atoms with E-state index >= 15 is 0 Å². The van der Waals surface area contributed by atoms with Gasteiger partial charge in [0.25, 0.3) is 0 Å². The maximum absolute atomic E-state index is 2.93. The van der Waals surface area contributed by atoms with Crippen molar-refractivity contribution in [2.75, 3.05) is 6.54 Å². The Morgan fingerprint density at radius 3 is 0.970 bits per heavy atom. The van der Waals surface area contributed by atoms with Gasteiger partial charge >= 0.3 is 0 Å². The summed E-state index contributed by atoms with van der Waals surface area (Å²) in [5.74, 6) is 0. The lowest BCUT2D eigenvalue weighted by molar-refractivity contribution is 0.00154. The highest BCUT2D eigenvalue weighted by atomic mass is 15.2. The molecule has 0 saturated heterocycles. The topological polar surface area (TPSA) is 3.24 Å². The molecule has 0 aromatic heterocycles. The molecule has 33 heavy (non-hydrogen) atoms. The van der Waals surface area contributed by atoms with E-state index in [2.05, 4.69) is 53.4 Å². The molecule has 0 aromatic rings. The van der Waals surface area contributed by atoms with Crippen LogP contribution < -0.4 is 0 Å². The highest BCUT2D eigenvalue weighted by Crippen LogP contribution is 2.34. The average molecular weight is 466 g/mol. The van der Waals surface area contributed by atoms with Gasteiger partial charge in [-0.15, -0.1) is 0 Å². The predicted octanol–water partition coefficient (Wildman–Crippen LogP) is 11.5. The van der Waals surface area contributed by atoms with Gasteiger partial charge in [0.05, 0.1) is 0 Å². The molecule has 0 aliphatic heterocycles. The second-order valence-corrected chi connectivity index (χ2v) is 12.3. The Hall–Kier alpha value is -0.0400. The van der Waals surface area contributed by atoms with Crippen LogP contribution in [-0.2, 0) is 0 Å². The third kappa shape index (κ3) is 18.0. The Labute approximate surface area is 212 Å². The summed E-state index contributed by atoms with van der Waals surface area (Å²) >= 11 is 0. The van der Waals surface area contributed by atoms with E-state index in [0.29, 0.717) is 11.1 Å². The van der Waals surface area contributed by atoms with E-state index in [0.717, 1.165) is 0 Å². The summed E-state index contributed by atoms with van der Waals surface area (Å²) in [4.78, 5) is 2.93. The summed E-state index contributed by atoms with van der Waals surface area (Å²) in [6.07, 6.45) is 31.0. The van der Waals surface area contributed by atoms with Gasteiger partial charge in [0, 0.05) is 11.1 Å². The summed E-state index contributed by atoms with van der Waals surface area (Å²) < 4.78 is 0. The molecular formula is C32H67N. The molecule has 0 atom stereocenters. The molecule has 0 rings (SSSR count). The monoisotopic (exact) mass is 466 g/mol. The lowest BCUT2D eigenvalue weighted by Gasteiger charge is -2.49. The van der Waals surface area contributed by atoms with Crippen molar-refractivity contribution < 1.29 is 0 Å². The highest BCUT2D eigenvalue weighted by molar-refractivity contribution is 4.92. The summed E-state index contributed by atoms with van der Waals surface area (Å²) in [5, 5.41) is 0. The van der Waals surface area contributed by atoms with Crippen molar-refractivity contribution in [3.8, 4) is 0 Å². The van der Waals surface area contributed by atoms with E-state index in [-0.39, 0.29) is 0 Å². The van der Waals surface area contributed by atoms with E-state index in [4.69, 9.17) is 0 Å². The van der Waals surface area contributed by atoms with Crippen molar-refractivity contribution in [1.82, 2.24) is 4.90 Å². The second-order valence-electron chi connectivity index (χ2n) is 12.3. The molecule has 1 nitrogen and oxygen atoms in total. The van der Waals surface area contributed by atoms with Gasteiger partial charge in [0.1, 0.15) is 0 Å². The maximum Gasteiger partial charge on any atom is 0.0158 e. The largest absolute Gasteiger partial charge is 0.293 e. The minimum absolute atomic E-state index is 0.318. The molecule has 0 bridgehead atoms. The molecule has 200 valence electrons. The highest BCUT2D eigenvalue weighted by Gasteiger charge is 2.36. The first-order chi connectivity index (χ1) is 15.8. The molecule has 0 aliphatic rings. The first kappa shape index (κ1) is 33.0. The van der Waals surface area contributed by atoms with Crippen LogP contribution in [0.3, 0.4) is 0 Å². The molecule has 0 aliphatic carbocycles. The molecule has 1 heteroatoms. The molecule has 0 heterocycles. The smallest absolute Gasteiger partial charge is 0.0158 e. The Morgan fingerprint density at radius 2 is 0.636 bits per heavy atom. The van der Waals surface area contributed by atoms with Crippen LogP contribution in [0.4, 0.5) is 0 Å². The zero-order valence-corrected chi connectivity index (χ0v) is 24.7. The van der Waals surface area contributed by atoms with Crippen molar-refractivity contribution in [2.45, 2.75) is 201 Å². The van der Waals surface area contributed by atoms with Gasteiger partial charge in [-0.3, -0.25) is 4.90 Å². The fourth-order valence-electron chi connectivity index (χ4n) is 5.77. The van der Waals surface area contributed by atoms with Crippen LogP contribution in [0.1, 0.15) is 190 Å². The van der Waals surface area contributed by atoms with Crippen molar-refractivity contribution in [2.24, 2.45) is 0 Å². The van der Waals surface area contributed by atoms with Crippen molar-refractivity contribution >= 4 is 0 Å². The molecule has 0 amide bonds. The molecule has 0 saturated carbocycles. The second kappa shape index (κ2) is 21.3. The van der Waals surface area contributed by atoms with Gasteiger partial charge in [0.2, 0.25) is 0 Å². The predicted molar refractivity (Wildman–Crippen MR) is 153 cm³/mol. The minimum Gasteiger partial charge on any atom is -0.293 e. The molecule has 0 unspecified atom stereocenters. The van der Waals surface area contributed by atoms with E-state index in [1.165, 1.54) is 148 Å². The molecular weight excluding hydrogens is 398 g/mol. The van der Waals surface area contributed by atoms with Crippen LogP contribution in [0.2, 0.25) is 0 Å². The Balaban J connectivity index is 4.54. The number of hydrogen-bond acceptors (Lipinski definition) is 1. The quantitative estimate of drug-likeness (QED) is 0.121. The van der Waals surface area contributed by atoms with Crippen LogP contribution >= 0.6 is 0 Å². The minimum atomic E-state index is 0.318. The van der Waals surface area contributed by atoms with Gasteiger partial charge in [-0.2, -0.15) is 0 Å². The number of hydrogen-bond donors (Lipinski definition) is 0. The first-order valence-electron chi connectivity index (χ1n) is 15.6. The number of unbranched alkanes of at least 4 members (excludes halogenated alkanes) is 17.